The summed E-state index contributed by atoms with van der Waals surface area (Å²) >= 11 is 0. The van der Waals surface area contributed by atoms with Crippen molar-refractivity contribution in [2.45, 2.75) is 45.1 Å². The third kappa shape index (κ3) is 3.76. The molecule has 1 fully saturated rings. The molecule has 4 nitrogen and oxygen atoms in total. The number of carbonyl (C=O) groups is 1. The molecule has 0 spiro atoms. The van der Waals surface area contributed by atoms with Crippen molar-refractivity contribution in [3.8, 4) is 0 Å². The largest absolute Gasteiger partial charge is 0.388 e. The molecular formula is C12H24N2O2. The van der Waals surface area contributed by atoms with E-state index in [-0.39, 0.29) is 5.91 Å². The summed E-state index contributed by atoms with van der Waals surface area (Å²) in [5.74, 6) is 0.230. The number of carbonyl (C=O) groups excluding carboxylic acids is 1. The van der Waals surface area contributed by atoms with E-state index in [1.165, 1.54) is 0 Å². The minimum absolute atomic E-state index is 0.230. The summed E-state index contributed by atoms with van der Waals surface area (Å²) in [6, 6.07) is 0. The number of likely N-dealkylation sites (N-methyl/N-ethyl adjacent to an activating group) is 1. The molecule has 0 atom stereocenters. The van der Waals surface area contributed by atoms with Crippen molar-refractivity contribution in [3.05, 3.63) is 0 Å². The van der Waals surface area contributed by atoms with Crippen LogP contribution in [0.15, 0.2) is 0 Å². The molecule has 0 aliphatic carbocycles. The Balaban J connectivity index is 2.35. The molecule has 0 aromatic rings. The second-order valence-electron chi connectivity index (χ2n) is 4.64. The van der Waals surface area contributed by atoms with E-state index in [4.69, 9.17) is 0 Å². The SMILES string of the molecule is CCCC(=O)N1CCC(O)(CNCC)CC1. The highest BCUT2D eigenvalue weighted by atomic mass is 16.3. The zero-order valence-corrected chi connectivity index (χ0v) is 10.5. The van der Waals surface area contributed by atoms with Crippen LogP contribution in [0.2, 0.25) is 0 Å². The first kappa shape index (κ1) is 13.5. The van der Waals surface area contributed by atoms with Gasteiger partial charge in [-0.05, 0) is 25.8 Å². The van der Waals surface area contributed by atoms with Gasteiger partial charge in [0.1, 0.15) is 0 Å². The zero-order chi connectivity index (χ0) is 12.0. The lowest BCUT2D eigenvalue weighted by Gasteiger charge is -2.38. The third-order valence-corrected chi connectivity index (χ3v) is 3.21. The van der Waals surface area contributed by atoms with Crippen molar-refractivity contribution >= 4 is 5.91 Å². The van der Waals surface area contributed by atoms with E-state index in [1.54, 1.807) is 0 Å². The summed E-state index contributed by atoms with van der Waals surface area (Å²) in [4.78, 5) is 13.5. The van der Waals surface area contributed by atoms with Crippen LogP contribution in [-0.4, -0.2) is 47.7 Å². The van der Waals surface area contributed by atoms with Crippen molar-refractivity contribution in [1.29, 1.82) is 0 Å². The van der Waals surface area contributed by atoms with Crippen LogP contribution in [0.3, 0.4) is 0 Å². The number of amides is 1. The normalized spacial score (nSPS) is 19.8. The molecule has 1 heterocycles. The molecule has 1 rings (SSSR count). The fourth-order valence-electron chi connectivity index (χ4n) is 2.08. The quantitative estimate of drug-likeness (QED) is 0.730. The van der Waals surface area contributed by atoms with Crippen LogP contribution >= 0.6 is 0 Å². The van der Waals surface area contributed by atoms with E-state index in [0.29, 0.717) is 38.9 Å². The standard InChI is InChI=1S/C12H24N2O2/c1-3-5-11(15)14-8-6-12(16,7-9-14)10-13-4-2/h13,16H,3-10H2,1-2H3. The van der Waals surface area contributed by atoms with E-state index in [1.807, 2.05) is 18.7 Å². The number of hydrogen-bond acceptors (Lipinski definition) is 3. The first-order chi connectivity index (χ1) is 7.61. The highest BCUT2D eigenvalue weighted by Gasteiger charge is 2.32. The summed E-state index contributed by atoms with van der Waals surface area (Å²) in [5, 5.41) is 13.4. The molecule has 4 heteroatoms. The van der Waals surface area contributed by atoms with Crippen LogP contribution in [0, 0.1) is 0 Å². The lowest BCUT2D eigenvalue weighted by atomic mass is 9.91. The van der Waals surface area contributed by atoms with Crippen LogP contribution in [0.4, 0.5) is 0 Å². The molecule has 0 saturated carbocycles. The molecule has 94 valence electrons. The van der Waals surface area contributed by atoms with Gasteiger partial charge < -0.3 is 15.3 Å². The lowest BCUT2D eigenvalue weighted by Crippen LogP contribution is -2.51. The van der Waals surface area contributed by atoms with E-state index >= 15 is 0 Å². The minimum atomic E-state index is -0.612. The van der Waals surface area contributed by atoms with Gasteiger partial charge in [0.25, 0.3) is 0 Å². The fourth-order valence-corrected chi connectivity index (χ4v) is 2.08. The van der Waals surface area contributed by atoms with E-state index in [9.17, 15) is 9.90 Å². The topological polar surface area (TPSA) is 52.6 Å². The Hall–Kier alpha value is -0.610. The van der Waals surface area contributed by atoms with E-state index in [0.717, 1.165) is 13.0 Å². The van der Waals surface area contributed by atoms with Gasteiger partial charge in [-0.1, -0.05) is 13.8 Å². The Kier molecular flexibility index (Phi) is 5.22. The minimum Gasteiger partial charge on any atom is -0.388 e. The average Bonchev–Trinajstić information content (AvgIpc) is 2.28. The highest BCUT2D eigenvalue weighted by Crippen LogP contribution is 2.22. The maximum atomic E-state index is 11.7. The molecule has 0 unspecified atom stereocenters. The van der Waals surface area contributed by atoms with E-state index in [2.05, 4.69) is 5.32 Å². The summed E-state index contributed by atoms with van der Waals surface area (Å²) in [5.41, 5.74) is -0.612. The predicted octanol–water partition coefficient (Wildman–Crippen LogP) is 0.749. The Morgan fingerprint density at radius 3 is 2.50 bits per heavy atom. The van der Waals surface area contributed by atoms with Gasteiger partial charge in [0.2, 0.25) is 5.91 Å². The third-order valence-electron chi connectivity index (χ3n) is 3.21. The van der Waals surface area contributed by atoms with Gasteiger partial charge in [-0.15, -0.1) is 0 Å². The zero-order valence-electron chi connectivity index (χ0n) is 10.5. The molecule has 2 N–H and O–H groups in total. The van der Waals surface area contributed by atoms with Crippen molar-refractivity contribution in [2.75, 3.05) is 26.2 Å². The summed E-state index contributed by atoms with van der Waals surface area (Å²) in [6.45, 7) is 6.95. The molecule has 16 heavy (non-hydrogen) atoms. The molecule has 1 saturated heterocycles. The Bertz CT molecular complexity index is 223. The number of nitrogens with zero attached hydrogens (tertiary/aromatic N) is 1. The fraction of sp³-hybridized carbons (Fsp3) is 0.917. The summed E-state index contributed by atoms with van der Waals surface area (Å²) in [7, 11) is 0. The molecule has 0 aromatic heterocycles. The number of rotatable bonds is 5. The lowest BCUT2D eigenvalue weighted by molar-refractivity contribution is -0.135. The van der Waals surface area contributed by atoms with Crippen LogP contribution in [0.5, 0.6) is 0 Å². The Morgan fingerprint density at radius 2 is 2.00 bits per heavy atom. The maximum Gasteiger partial charge on any atom is 0.222 e. The average molecular weight is 228 g/mol. The maximum absolute atomic E-state index is 11.7. The predicted molar refractivity (Wildman–Crippen MR) is 64.2 cm³/mol. The van der Waals surface area contributed by atoms with Gasteiger partial charge in [-0.3, -0.25) is 4.79 Å². The molecule has 1 aliphatic heterocycles. The number of nitrogens with one attached hydrogen (secondary N) is 1. The number of likely N-dealkylation sites (tertiary alicyclic amines) is 1. The highest BCUT2D eigenvalue weighted by molar-refractivity contribution is 5.76. The molecule has 0 radical (unpaired) electrons. The second-order valence-corrected chi connectivity index (χ2v) is 4.64. The summed E-state index contributed by atoms with van der Waals surface area (Å²) < 4.78 is 0. The first-order valence-electron chi connectivity index (χ1n) is 6.32. The van der Waals surface area contributed by atoms with Gasteiger partial charge in [0.15, 0.2) is 0 Å². The van der Waals surface area contributed by atoms with Crippen molar-refractivity contribution < 1.29 is 9.90 Å². The summed E-state index contributed by atoms with van der Waals surface area (Å²) in [6.07, 6.45) is 2.91. The van der Waals surface area contributed by atoms with Crippen LogP contribution < -0.4 is 5.32 Å². The molecule has 1 aliphatic rings. The first-order valence-corrected chi connectivity index (χ1v) is 6.32. The van der Waals surface area contributed by atoms with Crippen LogP contribution in [-0.2, 0) is 4.79 Å². The monoisotopic (exact) mass is 228 g/mol. The smallest absolute Gasteiger partial charge is 0.222 e. The van der Waals surface area contributed by atoms with Gasteiger partial charge in [-0.25, -0.2) is 0 Å². The van der Waals surface area contributed by atoms with Crippen LogP contribution in [0.25, 0.3) is 0 Å². The van der Waals surface area contributed by atoms with Gasteiger partial charge >= 0.3 is 0 Å². The molecule has 0 bridgehead atoms. The van der Waals surface area contributed by atoms with Gasteiger partial charge in [-0.2, -0.15) is 0 Å². The molecular weight excluding hydrogens is 204 g/mol. The van der Waals surface area contributed by atoms with Crippen molar-refractivity contribution in [1.82, 2.24) is 10.2 Å². The van der Waals surface area contributed by atoms with Crippen LogP contribution in [0.1, 0.15) is 39.5 Å². The molecule has 0 aromatic carbocycles. The second kappa shape index (κ2) is 6.21. The number of piperidine rings is 1. The van der Waals surface area contributed by atoms with E-state index < -0.39 is 5.60 Å². The number of hydrogen-bond donors (Lipinski definition) is 2. The van der Waals surface area contributed by atoms with Crippen molar-refractivity contribution in [2.24, 2.45) is 0 Å². The Labute approximate surface area is 98.0 Å². The van der Waals surface area contributed by atoms with Gasteiger partial charge in [0, 0.05) is 26.1 Å². The Morgan fingerprint density at radius 1 is 1.38 bits per heavy atom. The number of aliphatic hydroxyl groups is 1. The molecule has 1 amide bonds. The van der Waals surface area contributed by atoms with Crippen molar-refractivity contribution in [3.63, 3.8) is 0 Å². The van der Waals surface area contributed by atoms with Gasteiger partial charge in [0.05, 0.1) is 5.60 Å².